The molecule has 4 heteroatoms. The van der Waals surface area contributed by atoms with Crippen LogP contribution in [-0.2, 0) is 0 Å². The summed E-state index contributed by atoms with van der Waals surface area (Å²) in [4.78, 5) is 10.4. The molecule has 0 saturated heterocycles. The van der Waals surface area contributed by atoms with Crippen molar-refractivity contribution in [2.24, 2.45) is 0 Å². The van der Waals surface area contributed by atoms with Crippen molar-refractivity contribution in [3.63, 3.8) is 0 Å². The van der Waals surface area contributed by atoms with Crippen LogP contribution >= 0.6 is 0 Å². The molecule has 1 N–H and O–H groups in total. The first-order valence-corrected chi connectivity index (χ1v) is 5.58. The Hall–Kier alpha value is -2.02. The number of unbranched alkanes of at least 4 members (excludes halogenated alkanes) is 2. The third-order valence-electron chi connectivity index (χ3n) is 2.57. The number of nitro groups is 1. The highest BCUT2D eigenvalue weighted by molar-refractivity contribution is 5.59. The lowest BCUT2D eigenvalue weighted by Gasteiger charge is -2.08. The van der Waals surface area contributed by atoms with Crippen LogP contribution in [0.3, 0.4) is 0 Å². The Morgan fingerprint density at radius 2 is 2.24 bits per heavy atom. The minimum Gasteiger partial charge on any atom is -0.385 e. The second kappa shape index (κ2) is 6.54. The summed E-state index contributed by atoms with van der Waals surface area (Å²) in [7, 11) is 0. The summed E-state index contributed by atoms with van der Waals surface area (Å²) < 4.78 is 0. The zero-order chi connectivity index (χ0) is 12.7. The van der Waals surface area contributed by atoms with Crippen LogP contribution in [0.4, 0.5) is 11.4 Å². The Morgan fingerprint density at radius 3 is 2.88 bits per heavy atom. The average Bonchev–Trinajstić information content (AvgIpc) is 2.30. The fraction of sp³-hybridized carbons (Fsp3) is 0.385. The molecule has 0 spiro atoms. The van der Waals surface area contributed by atoms with Gasteiger partial charge in [-0.3, -0.25) is 10.1 Å². The largest absolute Gasteiger partial charge is 0.385 e. The van der Waals surface area contributed by atoms with Crippen molar-refractivity contribution in [1.82, 2.24) is 0 Å². The van der Waals surface area contributed by atoms with Crippen LogP contribution in [0, 0.1) is 29.4 Å². The number of rotatable bonds is 6. The molecule has 0 aromatic heterocycles. The molecule has 1 aromatic carbocycles. The second-order valence-corrected chi connectivity index (χ2v) is 3.79. The number of hydrogen-bond acceptors (Lipinski definition) is 3. The first kappa shape index (κ1) is 13.0. The maximum Gasteiger partial charge on any atom is 0.274 e. The van der Waals surface area contributed by atoms with Gasteiger partial charge in [-0.25, -0.2) is 0 Å². The zero-order valence-corrected chi connectivity index (χ0v) is 9.90. The van der Waals surface area contributed by atoms with Crippen LogP contribution in [0.15, 0.2) is 18.2 Å². The minimum atomic E-state index is -0.362. The van der Waals surface area contributed by atoms with E-state index in [2.05, 4.69) is 11.2 Å². The Labute approximate surface area is 101 Å². The lowest BCUT2D eigenvalue weighted by atomic mass is 10.1. The second-order valence-electron chi connectivity index (χ2n) is 3.79. The first-order chi connectivity index (χ1) is 8.16. The van der Waals surface area contributed by atoms with Crippen molar-refractivity contribution >= 4 is 11.4 Å². The monoisotopic (exact) mass is 232 g/mol. The van der Waals surface area contributed by atoms with E-state index in [9.17, 15) is 10.1 Å². The molecule has 90 valence electrons. The Morgan fingerprint density at radius 1 is 1.47 bits per heavy atom. The van der Waals surface area contributed by atoms with Crippen molar-refractivity contribution in [3.05, 3.63) is 33.9 Å². The SMILES string of the molecule is C#CCCCCNc1cccc([N+](=O)[O-])c1C. The van der Waals surface area contributed by atoms with Crippen molar-refractivity contribution < 1.29 is 4.92 Å². The molecular weight excluding hydrogens is 216 g/mol. The highest BCUT2D eigenvalue weighted by atomic mass is 16.6. The van der Waals surface area contributed by atoms with Gasteiger partial charge in [0.2, 0.25) is 0 Å². The summed E-state index contributed by atoms with van der Waals surface area (Å²) in [5.74, 6) is 2.58. The van der Waals surface area contributed by atoms with E-state index in [0.29, 0.717) is 5.56 Å². The molecule has 0 unspecified atom stereocenters. The Balaban J connectivity index is 2.57. The predicted molar refractivity (Wildman–Crippen MR) is 69.0 cm³/mol. The van der Waals surface area contributed by atoms with Crippen molar-refractivity contribution in [1.29, 1.82) is 0 Å². The normalized spacial score (nSPS) is 9.65. The van der Waals surface area contributed by atoms with Gasteiger partial charge in [-0.1, -0.05) is 6.07 Å². The van der Waals surface area contributed by atoms with Crippen molar-refractivity contribution in [3.8, 4) is 12.3 Å². The predicted octanol–water partition coefficient (Wildman–Crippen LogP) is 3.12. The Kier molecular flexibility index (Phi) is 5.02. The summed E-state index contributed by atoms with van der Waals surface area (Å²) in [5.41, 5.74) is 1.65. The lowest BCUT2D eigenvalue weighted by molar-refractivity contribution is -0.385. The number of terminal acetylenes is 1. The van der Waals surface area contributed by atoms with Crippen LogP contribution in [0.1, 0.15) is 24.8 Å². The molecule has 0 aliphatic rings. The van der Waals surface area contributed by atoms with E-state index in [1.807, 2.05) is 6.07 Å². The van der Waals surface area contributed by atoms with E-state index in [4.69, 9.17) is 6.42 Å². The van der Waals surface area contributed by atoms with E-state index in [0.717, 1.165) is 31.5 Å². The summed E-state index contributed by atoms with van der Waals surface area (Å²) in [5, 5.41) is 13.9. The highest BCUT2D eigenvalue weighted by Crippen LogP contribution is 2.24. The van der Waals surface area contributed by atoms with E-state index in [1.165, 1.54) is 6.07 Å². The quantitative estimate of drug-likeness (QED) is 0.355. The van der Waals surface area contributed by atoms with Gasteiger partial charge in [-0.15, -0.1) is 12.3 Å². The number of anilines is 1. The third kappa shape index (κ3) is 3.80. The van der Waals surface area contributed by atoms with Crippen LogP contribution in [-0.4, -0.2) is 11.5 Å². The standard InChI is InChI=1S/C13H16N2O2/c1-3-4-5-6-10-14-12-8-7-9-13(11(12)2)15(16)17/h1,7-9,14H,4-6,10H2,2H3. The molecule has 0 aliphatic carbocycles. The van der Waals surface area contributed by atoms with E-state index >= 15 is 0 Å². The van der Waals surface area contributed by atoms with Gasteiger partial charge in [-0.05, 0) is 25.8 Å². The van der Waals surface area contributed by atoms with Gasteiger partial charge < -0.3 is 5.32 Å². The number of nitrogens with one attached hydrogen (secondary N) is 1. The van der Waals surface area contributed by atoms with Gasteiger partial charge in [0.05, 0.1) is 4.92 Å². The maximum absolute atomic E-state index is 10.7. The molecular formula is C13H16N2O2. The molecule has 0 radical (unpaired) electrons. The molecule has 0 aliphatic heterocycles. The van der Waals surface area contributed by atoms with E-state index in [1.54, 1.807) is 13.0 Å². The highest BCUT2D eigenvalue weighted by Gasteiger charge is 2.12. The molecule has 4 nitrogen and oxygen atoms in total. The molecule has 0 bridgehead atoms. The van der Waals surface area contributed by atoms with Gasteiger partial charge in [0.1, 0.15) is 0 Å². The number of hydrogen-bond donors (Lipinski definition) is 1. The molecule has 0 amide bonds. The van der Waals surface area contributed by atoms with Gasteiger partial charge >= 0.3 is 0 Å². The van der Waals surface area contributed by atoms with Gasteiger partial charge in [0, 0.05) is 30.3 Å². The molecule has 0 heterocycles. The summed E-state index contributed by atoms with van der Waals surface area (Å²) in [6.07, 6.45) is 7.86. The molecule has 0 saturated carbocycles. The summed E-state index contributed by atoms with van der Waals surface area (Å²) >= 11 is 0. The Bertz CT molecular complexity index is 436. The van der Waals surface area contributed by atoms with Crippen molar-refractivity contribution in [2.75, 3.05) is 11.9 Å². The fourth-order valence-electron chi connectivity index (χ4n) is 1.59. The number of benzene rings is 1. The van der Waals surface area contributed by atoms with E-state index in [-0.39, 0.29) is 10.6 Å². The van der Waals surface area contributed by atoms with Crippen LogP contribution in [0.5, 0.6) is 0 Å². The van der Waals surface area contributed by atoms with Gasteiger partial charge in [0.15, 0.2) is 0 Å². The number of nitrogens with zero attached hydrogens (tertiary/aromatic N) is 1. The topological polar surface area (TPSA) is 55.2 Å². The zero-order valence-electron chi connectivity index (χ0n) is 9.90. The van der Waals surface area contributed by atoms with Crippen LogP contribution in [0.2, 0.25) is 0 Å². The molecule has 17 heavy (non-hydrogen) atoms. The van der Waals surface area contributed by atoms with Crippen LogP contribution in [0.25, 0.3) is 0 Å². The van der Waals surface area contributed by atoms with Gasteiger partial charge in [-0.2, -0.15) is 0 Å². The third-order valence-corrected chi connectivity index (χ3v) is 2.57. The van der Waals surface area contributed by atoms with Gasteiger partial charge in [0.25, 0.3) is 5.69 Å². The maximum atomic E-state index is 10.7. The smallest absolute Gasteiger partial charge is 0.274 e. The fourth-order valence-corrected chi connectivity index (χ4v) is 1.59. The van der Waals surface area contributed by atoms with Crippen molar-refractivity contribution in [2.45, 2.75) is 26.2 Å². The summed E-state index contributed by atoms with van der Waals surface area (Å²) in [6.45, 7) is 2.53. The molecule has 0 fully saturated rings. The van der Waals surface area contributed by atoms with Crippen LogP contribution < -0.4 is 5.32 Å². The first-order valence-electron chi connectivity index (χ1n) is 5.58. The lowest BCUT2D eigenvalue weighted by Crippen LogP contribution is -2.04. The number of nitro benzene ring substituents is 1. The molecule has 1 rings (SSSR count). The van der Waals surface area contributed by atoms with E-state index < -0.39 is 0 Å². The summed E-state index contributed by atoms with van der Waals surface area (Å²) in [6, 6.07) is 5.05. The average molecular weight is 232 g/mol. The minimum absolute atomic E-state index is 0.152. The molecule has 0 atom stereocenters. The molecule has 1 aromatic rings.